The van der Waals surface area contributed by atoms with Gasteiger partial charge in [-0.1, -0.05) is 72.8 Å². The van der Waals surface area contributed by atoms with Crippen molar-refractivity contribution in [2.24, 2.45) is 23.7 Å². The van der Waals surface area contributed by atoms with Gasteiger partial charge < -0.3 is 19.2 Å². The zero-order chi connectivity index (χ0) is 35.5. The molecule has 5 aromatic rings. The highest BCUT2D eigenvalue weighted by Crippen LogP contribution is 2.50. The molecule has 6 aliphatic rings. The second kappa shape index (κ2) is 13.3. The van der Waals surface area contributed by atoms with Crippen LogP contribution in [0.4, 0.5) is 0 Å². The first-order valence-electron chi connectivity index (χ1n) is 19.5. The highest BCUT2D eigenvalue weighted by atomic mass is 16.3. The molecule has 8 heterocycles. The summed E-state index contributed by atoms with van der Waals surface area (Å²) in [6, 6.07) is 30.1. The van der Waals surface area contributed by atoms with Gasteiger partial charge in [-0.2, -0.15) is 0 Å². The molecule has 6 fully saturated rings. The molecule has 10 atom stereocenters. The summed E-state index contributed by atoms with van der Waals surface area (Å²) in [5.41, 5.74) is 6.52. The van der Waals surface area contributed by atoms with Crippen molar-refractivity contribution < 1.29 is 19.2 Å². The summed E-state index contributed by atoms with van der Waals surface area (Å²) >= 11 is 0. The van der Waals surface area contributed by atoms with E-state index in [1.165, 1.54) is 24.0 Å². The van der Waals surface area contributed by atoms with Crippen LogP contribution in [-0.4, -0.2) is 67.4 Å². The van der Waals surface area contributed by atoms with Gasteiger partial charge in [0.2, 0.25) is 0 Å². The third-order valence-electron chi connectivity index (χ3n) is 14.1. The van der Waals surface area contributed by atoms with E-state index < -0.39 is 12.2 Å². The van der Waals surface area contributed by atoms with Crippen molar-refractivity contribution in [2.45, 2.75) is 63.1 Å². The van der Waals surface area contributed by atoms with Crippen LogP contribution >= 0.6 is 0 Å². The lowest BCUT2D eigenvalue weighted by Crippen LogP contribution is -2.67. The Morgan fingerprint density at radius 2 is 1.04 bits per heavy atom. The van der Waals surface area contributed by atoms with Crippen LogP contribution in [0.15, 0.2) is 123 Å². The van der Waals surface area contributed by atoms with Gasteiger partial charge in [-0.3, -0.25) is 9.97 Å². The number of fused-ring (bicyclic) bond motifs is 8. The first-order chi connectivity index (χ1) is 25.4. The summed E-state index contributed by atoms with van der Waals surface area (Å²) in [4.78, 5) is 9.18. The number of nitrogens with zero attached hydrogens (tertiary/aromatic N) is 4. The molecule has 0 saturated carbocycles. The number of aliphatic hydroxyl groups is 2. The number of rotatable bonds is 10. The number of benzene rings is 3. The predicted molar refractivity (Wildman–Crippen MR) is 208 cm³/mol. The normalized spacial score (nSPS) is 32.1. The summed E-state index contributed by atoms with van der Waals surface area (Å²) in [6.07, 6.45) is 11.3. The first-order valence-corrected chi connectivity index (χ1v) is 19.5. The van der Waals surface area contributed by atoms with E-state index in [4.69, 9.17) is 0 Å². The maximum absolute atomic E-state index is 12.2. The second-order valence-corrected chi connectivity index (χ2v) is 16.6. The van der Waals surface area contributed by atoms with Crippen molar-refractivity contribution in [1.82, 2.24) is 9.97 Å². The van der Waals surface area contributed by atoms with Crippen LogP contribution in [0.1, 0.15) is 60.1 Å². The molecule has 6 aliphatic heterocycles. The Balaban J connectivity index is 0.999. The van der Waals surface area contributed by atoms with Gasteiger partial charge in [0.1, 0.15) is 37.4 Å². The number of para-hydroxylation sites is 2. The Kier molecular flexibility index (Phi) is 8.62. The minimum Gasteiger partial charge on any atom is -0.382 e. The van der Waals surface area contributed by atoms with E-state index in [1.54, 1.807) is 0 Å². The molecule has 0 radical (unpaired) electrons. The predicted octanol–water partition coefficient (Wildman–Crippen LogP) is 8.07. The van der Waals surface area contributed by atoms with Crippen LogP contribution in [0, 0.1) is 23.7 Å². The molecule has 6 nitrogen and oxygen atoms in total. The van der Waals surface area contributed by atoms with E-state index in [0.29, 0.717) is 23.7 Å². The van der Waals surface area contributed by atoms with Gasteiger partial charge in [0.15, 0.2) is 0 Å². The van der Waals surface area contributed by atoms with Gasteiger partial charge in [-0.15, -0.1) is 13.2 Å². The zero-order valence-electron chi connectivity index (χ0n) is 30.2. The third kappa shape index (κ3) is 5.63. The first kappa shape index (κ1) is 33.6. The average molecular weight is 693 g/mol. The fraction of sp³-hybridized carbons (Fsp3) is 0.391. The van der Waals surface area contributed by atoms with Crippen LogP contribution in [0.2, 0.25) is 0 Å². The lowest BCUT2D eigenvalue weighted by molar-refractivity contribution is -0.985. The number of aliphatic hydroxyl groups excluding tert-OH is 2. The Morgan fingerprint density at radius 3 is 1.46 bits per heavy atom. The molecule has 11 rings (SSSR count). The Labute approximate surface area is 308 Å². The van der Waals surface area contributed by atoms with Gasteiger partial charge in [0.25, 0.3) is 0 Å². The quantitative estimate of drug-likeness (QED) is 0.115. The summed E-state index contributed by atoms with van der Waals surface area (Å²) in [5, 5.41) is 26.5. The van der Waals surface area contributed by atoms with Gasteiger partial charge in [-0.05, 0) is 47.2 Å². The largest absolute Gasteiger partial charge is 0.382 e. The van der Waals surface area contributed by atoms with Gasteiger partial charge in [-0.25, -0.2) is 0 Å². The van der Waals surface area contributed by atoms with E-state index in [0.717, 1.165) is 94.0 Å². The molecule has 0 spiro atoms. The molecule has 2 N–H and O–H groups in total. The number of quaternary nitrogens is 2. The SMILES string of the molecule is C=C[C@H]1C[N@+]2(Cc3ccc(C[N@@+]45CC[C@@H](C[C@H]4[C@H](O)c4ccnc6ccccc46)[C@@H](C=C)C5)cc3)CC[C@H]1C[C@H]2[C@H](O)c1ccnc2ccccc12. The van der Waals surface area contributed by atoms with Crippen LogP contribution in [0.5, 0.6) is 0 Å². The lowest BCUT2D eigenvalue weighted by atomic mass is 9.71. The maximum atomic E-state index is 12.2. The molecule has 0 unspecified atom stereocenters. The average Bonchev–Trinajstić information content (AvgIpc) is 3.20. The fourth-order valence-corrected chi connectivity index (χ4v) is 11.4. The molecule has 6 saturated heterocycles. The van der Waals surface area contributed by atoms with Crippen LogP contribution in [0.3, 0.4) is 0 Å². The Bertz CT molecular complexity index is 1950. The van der Waals surface area contributed by atoms with E-state index in [2.05, 4.69) is 71.7 Å². The topological polar surface area (TPSA) is 66.2 Å². The summed E-state index contributed by atoms with van der Waals surface area (Å²) in [5.74, 6) is 2.09. The Hall–Kier alpha value is -4.20. The van der Waals surface area contributed by atoms with Crippen LogP contribution in [0.25, 0.3) is 21.8 Å². The molecule has 52 heavy (non-hydrogen) atoms. The van der Waals surface area contributed by atoms with Gasteiger partial charge in [0.05, 0.1) is 37.2 Å². The second-order valence-electron chi connectivity index (χ2n) is 16.6. The number of pyridine rings is 2. The van der Waals surface area contributed by atoms with Crippen molar-refractivity contribution in [3.63, 3.8) is 0 Å². The maximum Gasteiger partial charge on any atom is 0.131 e. The molecule has 4 bridgehead atoms. The molecule has 0 amide bonds. The molecule has 6 heteroatoms. The molecule has 2 aromatic heterocycles. The smallest absolute Gasteiger partial charge is 0.131 e. The minimum absolute atomic E-state index is 0.121. The van der Waals surface area contributed by atoms with Crippen molar-refractivity contribution in [2.75, 3.05) is 26.2 Å². The number of aromatic nitrogens is 2. The van der Waals surface area contributed by atoms with Crippen LogP contribution in [-0.2, 0) is 13.1 Å². The summed E-state index contributed by atoms with van der Waals surface area (Å²) in [6.45, 7) is 14.5. The van der Waals surface area contributed by atoms with Crippen molar-refractivity contribution in [3.8, 4) is 0 Å². The number of hydrogen-bond donors (Lipinski definition) is 2. The van der Waals surface area contributed by atoms with E-state index in [1.807, 2.05) is 60.9 Å². The van der Waals surface area contributed by atoms with Crippen molar-refractivity contribution in [1.29, 1.82) is 0 Å². The number of piperidine rings is 6. The minimum atomic E-state index is -0.558. The van der Waals surface area contributed by atoms with E-state index in [9.17, 15) is 10.2 Å². The monoisotopic (exact) mass is 692 g/mol. The zero-order valence-corrected chi connectivity index (χ0v) is 30.2. The molecular formula is C46H52N4O2+2. The van der Waals surface area contributed by atoms with E-state index >= 15 is 0 Å². The van der Waals surface area contributed by atoms with Crippen molar-refractivity contribution >= 4 is 21.8 Å². The fourth-order valence-electron chi connectivity index (χ4n) is 11.4. The molecule has 0 aliphatic carbocycles. The summed E-state index contributed by atoms with van der Waals surface area (Å²) < 4.78 is 1.78. The highest BCUT2D eigenvalue weighted by molar-refractivity contribution is 5.83. The van der Waals surface area contributed by atoms with Gasteiger partial charge >= 0.3 is 0 Å². The highest BCUT2D eigenvalue weighted by Gasteiger charge is 2.55. The van der Waals surface area contributed by atoms with E-state index in [-0.39, 0.29) is 12.1 Å². The molecular weight excluding hydrogens is 641 g/mol. The van der Waals surface area contributed by atoms with Crippen molar-refractivity contribution in [3.05, 3.63) is 145 Å². The number of hydrogen-bond acceptors (Lipinski definition) is 4. The lowest BCUT2D eigenvalue weighted by Gasteiger charge is -2.58. The van der Waals surface area contributed by atoms with Gasteiger partial charge in [0, 0.05) is 71.8 Å². The Morgan fingerprint density at radius 1 is 0.615 bits per heavy atom. The van der Waals surface area contributed by atoms with Crippen LogP contribution < -0.4 is 0 Å². The standard InChI is InChI=1S/C46H52N4O2/c1-3-33-29-49(23-19-35(33)25-43(49)45(51)39-17-21-47-41-11-7-5-9-37(39)41)27-31-13-15-32(16-14-31)28-50-24-20-36(34(4-2)30-50)26-44(50)46(52)40-18-22-48-42-12-8-6-10-38(40)42/h3-18,21-22,33-36,43-46,51-52H,1-2,19-20,23-30H2/q+2/t33-,34-,35-,36-,43-,44-,45+,46+,49+,50+/m0/s1. The molecule has 266 valence electrons. The third-order valence-corrected chi connectivity index (χ3v) is 14.1. The summed E-state index contributed by atoms with van der Waals surface area (Å²) in [7, 11) is 0. The molecule has 3 aromatic carbocycles.